The smallest absolute Gasteiger partial charge is 0.335 e. The number of phenolic OH excluding ortho intramolecular Hbond substituents is 1. The zero-order valence-electron chi connectivity index (χ0n) is 14.3. The van der Waals surface area contributed by atoms with Crippen molar-refractivity contribution in [2.24, 2.45) is 0 Å². The van der Waals surface area contributed by atoms with Crippen LogP contribution in [0.15, 0.2) is 42.5 Å². The van der Waals surface area contributed by atoms with Gasteiger partial charge in [0.2, 0.25) is 0 Å². The van der Waals surface area contributed by atoms with Crippen LogP contribution in [0.3, 0.4) is 0 Å². The van der Waals surface area contributed by atoms with Crippen LogP contribution in [0.4, 0.5) is 0 Å². The van der Waals surface area contributed by atoms with Crippen molar-refractivity contribution in [3.8, 4) is 5.75 Å². The lowest BCUT2D eigenvalue weighted by Crippen LogP contribution is -2.07. The van der Waals surface area contributed by atoms with Gasteiger partial charge in [0.15, 0.2) is 0 Å². The molecule has 134 valence electrons. The number of carbonyl (C=O) groups is 2. The number of phenols is 1. The fourth-order valence-electron chi connectivity index (χ4n) is 3.32. The van der Waals surface area contributed by atoms with E-state index in [4.69, 9.17) is 0 Å². The SMILES string of the molecule is CCc1c(CC(=O)O)c2ccc(C(=O)O)cc2n1Cc1ccc(O)cc1. The Kier molecular flexibility index (Phi) is 4.67. The molecule has 6 heteroatoms. The van der Waals surface area contributed by atoms with Gasteiger partial charge in [0.1, 0.15) is 5.75 Å². The van der Waals surface area contributed by atoms with Crippen molar-refractivity contribution in [2.45, 2.75) is 26.3 Å². The van der Waals surface area contributed by atoms with E-state index < -0.39 is 11.9 Å². The summed E-state index contributed by atoms with van der Waals surface area (Å²) >= 11 is 0. The number of rotatable bonds is 6. The van der Waals surface area contributed by atoms with Crippen LogP contribution < -0.4 is 0 Å². The van der Waals surface area contributed by atoms with Gasteiger partial charge in [0.05, 0.1) is 12.0 Å². The Morgan fingerprint density at radius 2 is 1.73 bits per heavy atom. The monoisotopic (exact) mass is 353 g/mol. The Morgan fingerprint density at radius 3 is 2.31 bits per heavy atom. The lowest BCUT2D eigenvalue weighted by atomic mass is 10.0. The van der Waals surface area contributed by atoms with Crippen LogP contribution in [0, 0.1) is 0 Å². The normalized spacial score (nSPS) is 11.0. The summed E-state index contributed by atoms with van der Waals surface area (Å²) in [6, 6.07) is 11.5. The zero-order chi connectivity index (χ0) is 18.8. The molecule has 0 aliphatic heterocycles. The van der Waals surface area contributed by atoms with Crippen molar-refractivity contribution in [2.75, 3.05) is 0 Å². The molecule has 0 aliphatic rings. The molecule has 0 bridgehead atoms. The minimum atomic E-state index is -1.03. The van der Waals surface area contributed by atoms with Crippen LogP contribution in [0.25, 0.3) is 10.9 Å². The molecular formula is C20H19NO5. The summed E-state index contributed by atoms with van der Waals surface area (Å²) in [4.78, 5) is 22.7. The summed E-state index contributed by atoms with van der Waals surface area (Å²) in [5, 5.41) is 28.8. The maximum Gasteiger partial charge on any atom is 0.335 e. The highest BCUT2D eigenvalue weighted by molar-refractivity contribution is 5.96. The fourth-order valence-corrected chi connectivity index (χ4v) is 3.32. The van der Waals surface area contributed by atoms with Crippen LogP contribution in [0.2, 0.25) is 0 Å². The molecule has 0 saturated heterocycles. The number of aliphatic carboxylic acids is 1. The molecule has 6 nitrogen and oxygen atoms in total. The summed E-state index contributed by atoms with van der Waals surface area (Å²) in [5.41, 5.74) is 3.37. The molecule has 0 aliphatic carbocycles. The summed E-state index contributed by atoms with van der Waals surface area (Å²) in [6.07, 6.45) is 0.506. The van der Waals surface area contributed by atoms with Gasteiger partial charge in [-0.3, -0.25) is 4.79 Å². The predicted octanol–water partition coefficient (Wildman–Crippen LogP) is 3.28. The van der Waals surface area contributed by atoms with E-state index in [0.717, 1.165) is 16.6 Å². The number of aromatic hydroxyl groups is 1. The second-order valence-corrected chi connectivity index (χ2v) is 6.14. The first-order chi connectivity index (χ1) is 12.4. The molecule has 1 aromatic heterocycles. The molecule has 26 heavy (non-hydrogen) atoms. The molecule has 0 spiro atoms. The Hall–Kier alpha value is -3.28. The highest BCUT2D eigenvalue weighted by atomic mass is 16.4. The Balaban J connectivity index is 2.22. The molecule has 0 atom stereocenters. The third-order valence-electron chi connectivity index (χ3n) is 4.47. The van der Waals surface area contributed by atoms with Gasteiger partial charge in [-0.15, -0.1) is 0 Å². The molecule has 0 unspecified atom stereocenters. The molecule has 0 saturated carbocycles. The average molecular weight is 353 g/mol. The number of carboxylic acids is 2. The van der Waals surface area contributed by atoms with Crippen LogP contribution >= 0.6 is 0 Å². The Labute approximate surface area is 149 Å². The number of fused-ring (bicyclic) bond motifs is 1. The predicted molar refractivity (Wildman–Crippen MR) is 96.8 cm³/mol. The van der Waals surface area contributed by atoms with Gasteiger partial charge in [0.25, 0.3) is 0 Å². The van der Waals surface area contributed by atoms with E-state index >= 15 is 0 Å². The first kappa shape index (κ1) is 17.5. The second kappa shape index (κ2) is 6.92. The summed E-state index contributed by atoms with van der Waals surface area (Å²) in [7, 11) is 0. The first-order valence-corrected chi connectivity index (χ1v) is 8.27. The minimum Gasteiger partial charge on any atom is -0.508 e. The molecule has 0 fully saturated rings. The van der Waals surface area contributed by atoms with Gasteiger partial charge in [0, 0.05) is 23.1 Å². The van der Waals surface area contributed by atoms with Crippen molar-refractivity contribution in [1.82, 2.24) is 4.57 Å². The van der Waals surface area contributed by atoms with E-state index in [-0.39, 0.29) is 17.7 Å². The quantitative estimate of drug-likeness (QED) is 0.631. The van der Waals surface area contributed by atoms with Crippen molar-refractivity contribution < 1.29 is 24.9 Å². The molecule has 3 rings (SSSR count). The van der Waals surface area contributed by atoms with Gasteiger partial charge in [-0.2, -0.15) is 0 Å². The second-order valence-electron chi connectivity index (χ2n) is 6.14. The highest BCUT2D eigenvalue weighted by Crippen LogP contribution is 2.29. The standard InChI is InChI=1S/C20H19NO5/c1-2-17-16(10-19(23)24)15-8-5-13(20(25)26)9-18(15)21(17)11-12-3-6-14(22)7-4-12/h3-9,22H,2,10-11H2,1H3,(H,23,24)(H,25,26). The van der Waals surface area contributed by atoms with E-state index in [1.807, 2.05) is 11.5 Å². The number of hydrogen-bond acceptors (Lipinski definition) is 3. The van der Waals surface area contributed by atoms with Gasteiger partial charge in [-0.05, 0) is 41.8 Å². The van der Waals surface area contributed by atoms with Crippen molar-refractivity contribution >= 4 is 22.8 Å². The fraction of sp³-hybridized carbons (Fsp3) is 0.200. The topological polar surface area (TPSA) is 99.8 Å². The Bertz CT molecular complexity index is 986. The van der Waals surface area contributed by atoms with Gasteiger partial charge < -0.3 is 19.9 Å². The van der Waals surface area contributed by atoms with Gasteiger partial charge >= 0.3 is 11.9 Å². The third-order valence-corrected chi connectivity index (χ3v) is 4.47. The number of hydrogen-bond donors (Lipinski definition) is 3. The van der Waals surface area contributed by atoms with E-state index in [1.54, 1.807) is 36.4 Å². The maximum absolute atomic E-state index is 11.4. The summed E-state index contributed by atoms with van der Waals surface area (Å²) < 4.78 is 1.96. The van der Waals surface area contributed by atoms with Crippen molar-refractivity contribution in [3.05, 3.63) is 64.8 Å². The van der Waals surface area contributed by atoms with Crippen molar-refractivity contribution in [3.63, 3.8) is 0 Å². The molecule has 3 N–H and O–H groups in total. The number of aromatic nitrogens is 1. The Morgan fingerprint density at radius 1 is 1.04 bits per heavy atom. The number of aromatic carboxylic acids is 1. The molecule has 2 aromatic carbocycles. The van der Waals surface area contributed by atoms with Crippen LogP contribution in [0.1, 0.15) is 34.1 Å². The maximum atomic E-state index is 11.4. The van der Waals surface area contributed by atoms with Crippen LogP contribution in [-0.4, -0.2) is 31.8 Å². The van der Waals surface area contributed by atoms with Crippen LogP contribution in [-0.2, 0) is 24.2 Å². The molecule has 0 radical (unpaired) electrons. The lowest BCUT2D eigenvalue weighted by Gasteiger charge is -2.11. The third kappa shape index (κ3) is 3.26. The number of carboxylic acid groups (broad SMARTS) is 2. The largest absolute Gasteiger partial charge is 0.508 e. The molecular weight excluding hydrogens is 334 g/mol. The van der Waals surface area contributed by atoms with Crippen LogP contribution in [0.5, 0.6) is 5.75 Å². The highest BCUT2D eigenvalue weighted by Gasteiger charge is 2.19. The summed E-state index contributed by atoms with van der Waals surface area (Å²) in [6.45, 7) is 2.41. The molecule has 1 heterocycles. The van der Waals surface area contributed by atoms with E-state index in [9.17, 15) is 24.9 Å². The van der Waals surface area contributed by atoms with E-state index in [1.165, 1.54) is 6.07 Å². The minimum absolute atomic E-state index is 0.116. The average Bonchev–Trinajstić information content (AvgIpc) is 2.88. The zero-order valence-corrected chi connectivity index (χ0v) is 14.3. The first-order valence-electron chi connectivity index (χ1n) is 8.27. The molecule has 3 aromatic rings. The lowest BCUT2D eigenvalue weighted by molar-refractivity contribution is -0.136. The molecule has 0 amide bonds. The van der Waals surface area contributed by atoms with Gasteiger partial charge in [-0.1, -0.05) is 25.1 Å². The number of benzene rings is 2. The number of nitrogens with zero attached hydrogens (tertiary/aromatic N) is 1. The van der Waals surface area contributed by atoms with E-state index in [0.29, 0.717) is 24.0 Å². The van der Waals surface area contributed by atoms with Crippen molar-refractivity contribution in [1.29, 1.82) is 0 Å². The van der Waals surface area contributed by atoms with E-state index in [2.05, 4.69) is 0 Å². The van der Waals surface area contributed by atoms with Gasteiger partial charge in [-0.25, -0.2) is 4.79 Å². The summed E-state index contributed by atoms with van der Waals surface area (Å²) in [5.74, 6) is -1.78.